The van der Waals surface area contributed by atoms with Gasteiger partial charge in [0.2, 0.25) is 0 Å². The molecule has 0 saturated heterocycles. The molecule has 10 aromatic rings. The van der Waals surface area contributed by atoms with Crippen LogP contribution in [0.3, 0.4) is 0 Å². The number of hydrogen-bond donors (Lipinski definition) is 0. The van der Waals surface area contributed by atoms with Gasteiger partial charge in [0.15, 0.2) is 0 Å². The van der Waals surface area contributed by atoms with Gasteiger partial charge in [0.25, 0.3) is 0 Å². The molecule has 0 atom stereocenters. The van der Waals surface area contributed by atoms with E-state index in [2.05, 4.69) is 0 Å². The lowest BCUT2D eigenvalue weighted by molar-refractivity contribution is 0.670. The van der Waals surface area contributed by atoms with Crippen molar-refractivity contribution < 1.29 is 31.8 Å². The van der Waals surface area contributed by atoms with E-state index < -0.39 is 165 Å². The molecule has 1 heterocycles. The molecular formula is C50H32O. The van der Waals surface area contributed by atoms with Crippen molar-refractivity contribution in [2.45, 2.75) is 0 Å². The van der Waals surface area contributed by atoms with Crippen LogP contribution in [0.4, 0.5) is 0 Å². The summed E-state index contributed by atoms with van der Waals surface area (Å²) in [7, 11) is 0. The minimum Gasteiger partial charge on any atom is -0.455 e. The molecule has 0 saturated carbocycles. The highest BCUT2D eigenvalue weighted by Gasteiger charge is 2.22. The zero-order valence-corrected chi connectivity index (χ0v) is 26.3. The highest BCUT2D eigenvalue weighted by molar-refractivity contribution is 6.25. The van der Waals surface area contributed by atoms with Crippen molar-refractivity contribution in [3.63, 3.8) is 0 Å². The summed E-state index contributed by atoms with van der Waals surface area (Å²) in [6, 6.07) is 4.99. The number of furan rings is 1. The van der Waals surface area contributed by atoms with Crippen molar-refractivity contribution in [3.05, 3.63) is 194 Å². The molecule has 10 rings (SSSR count). The molecule has 1 nitrogen and oxygen atoms in total. The van der Waals surface area contributed by atoms with Crippen LogP contribution in [-0.2, 0) is 0 Å². The Labute approximate surface area is 324 Å². The minimum absolute atomic E-state index is 0.122. The normalized spacial score (nSPS) is 17.0. The van der Waals surface area contributed by atoms with Crippen LogP contribution in [0.25, 0.3) is 99.1 Å². The van der Waals surface area contributed by atoms with Gasteiger partial charge in [-0.05, 0) is 84.3 Å². The number of rotatable bonds is 5. The number of hydrogen-bond acceptors (Lipinski definition) is 1. The van der Waals surface area contributed by atoms with Crippen LogP contribution >= 0.6 is 0 Å². The topological polar surface area (TPSA) is 13.1 Å². The molecule has 0 amide bonds. The van der Waals surface area contributed by atoms with E-state index in [-0.39, 0.29) is 27.5 Å². The lowest BCUT2D eigenvalue weighted by Crippen LogP contribution is -1.93. The first-order chi connectivity index (χ1) is 33.6. The molecule has 0 spiro atoms. The Bertz CT molecular complexity index is 3910. The molecule has 0 radical (unpaired) electrons. The highest BCUT2D eigenvalue weighted by atomic mass is 16.3. The Morgan fingerprint density at radius 3 is 1.61 bits per heavy atom. The molecule has 1 heteroatoms. The largest absolute Gasteiger partial charge is 0.455 e. The van der Waals surface area contributed by atoms with Gasteiger partial charge in [0, 0.05) is 21.9 Å². The van der Waals surface area contributed by atoms with Crippen LogP contribution in [0.15, 0.2) is 198 Å². The van der Waals surface area contributed by atoms with E-state index in [1.165, 1.54) is 0 Å². The van der Waals surface area contributed by atoms with Gasteiger partial charge >= 0.3 is 0 Å². The second-order valence-corrected chi connectivity index (χ2v) is 11.7. The smallest absolute Gasteiger partial charge is 0.143 e. The first-order valence-electron chi connectivity index (χ1n) is 25.9. The summed E-state index contributed by atoms with van der Waals surface area (Å²) in [4.78, 5) is 0. The van der Waals surface area contributed by atoms with Crippen molar-refractivity contribution in [2.75, 3.05) is 0 Å². The fourth-order valence-electron chi connectivity index (χ4n) is 6.70. The maximum absolute atomic E-state index is 9.86. The van der Waals surface area contributed by atoms with Gasteiger partial charge in [-0.25, -0.2) is 0 Å². The zero-order chi connectivity index (χ0) is 51.1. The Balaban J connectivity index is 1.47. The maximum atomic E-state index is 9.86. The summed E-state index contributed by atoms with van der Waals surface area (Å²) in [5, 5.41) is -0.341. The molecule has 238 valence electrons. The third kappa shape index (κ3) is 4.86. The van der Waals surface area contributed by atoms with E-state index in [1.807, 2.05) is 48.5 Å². The van der Waals surface area contributed by atoms with Gasteiger partial charge in [0.1, 0.15) is 11.2 Å². The Kier molecular flexibility index (Phi) is 3.64. The Hall–Kier alpha value is -6.70. The number of fused-ring (bicyclic) bond motifs is 5. The number of benzene rings is 9. The average Bonchev–Trinajstić information content (AvgIpc) is 3.75. The summed E-state index contributed by atoms with van der Waals surface area (Å²) in [6.45, 7) is 0. The third-order valence-corrected chi connectivity index (χ3v) is 8.92. The summed E-state index contributed by atoms with van der Waals surface area (Å²) in [6.07, 6.45) is 0. The molecule has 1 aromatic heterocycles. The van der Waals surface area contributed by atoms with Gasteiger partial charge in [0.05, 0.1) is 27.4 Å². The van der Waals surface area contributed by atoms with Crippen LogP contribution < -0.4 is 0 Å². The average molecular weight is 669 g/mol. The lowest BCUT2D eigenvalue weighted by Gasteiger charge is -2.20. The summed E-state index contributed by atoms with van der Waals surface area (Å²) in [5.74, 6) is 0. The van der Waals surface area contributed by atoms with Crippen molar-refractivity contribution in [1.82, 2.24) is 0 Å². The second kappa shape index (κ2) is 12.0. The van der Waals surface area contributed by atoms with Gasteiger partial charge in [-0.1, -0.05) is 175 Å². The standard InChI is InChI=1S/C50H32O/c1-4-15-33(16-5-1)36-28-30-43(46(31-36)35-19-8-3-9-20-35)48-39-21-10-12-23-41(39)49(42-24-13-11-22-40(42)48)45-26-14-25-44-38-29-27-37(32-47(38)51-50(44)45)34-17-6-2-7-18-34/h1-32H/i1D,3D,4D,5D,8D,9D,10D,11D,12D,13D,15D,16D,19D,20D,21D,22D,23D,24D,28D,30D. The zero-order valence-electron chi connectivity index (χ0n) is 46.3. The lowest BCUT2D eigenvalue weighted by atomic mass is 9.83. The molecule has 0 aliphatic heterocycles. The van der Waals surface area contributed by atoms with Crippen molar-refractivity contribution in [3.8, 4) is 55.6 Å². The monoisotopic (exact) mass is 668 g/mol. The SMILES string of the molecule is [2H]c1c(-c2c([2H])c([2H])c([2H])c([2H])c2[2H])cc(-c2c([2H])c([2H])c([2H])c([2H])c2[2H])c(-c2c3c([2H])c([2H])c([2H])c([2H])c3c(-c3cccc4c3oc3cc(-c5ccccc5)ccc34)c3c([2H])c([2H])c([2H])c([2H])c23)c1[2H]. The highest BCUT2D eigenvalue weighted by Crippen LogP contribution is 2.48. The van der Waals surface area contributed by atoms with E-state index in [0.29, 0.717) is 16.4 Å². The van der Waals surface area contributed by atoms with Crippen molar-refractivity contribution >= 4 is 43.5 Å². The van der Waals surface area contributed by atoms with E-state index in [4.69, 9.17) is 23.6 Å². The Morgan fingerprint density at radius 2 is 0.941 bits per heavy atom. The fourth-order valence-corrected chi connectivity index (χ4v) is 6.70. The quantitative estimate of drug-likeness (QED) is 0.166. The summed E-state index contributed by atoms with van der Waals surface area (Å²) in [5.41, 5.74) is -1.01. The van der Waals surface area contributed by atoms with E-state index in [1.54, 1.807) is 18.2 Å². The molecule has 0 unspecified atom stereocenters. The summed E-state index contributed by atoms with van der Waals surface area (Å²) >= 11 is 0. The van der Waals surface area contributed by atoms with E-state index >= 15 is 0 Å². The van der Waals surface area contributed by atoms with Crippen LogP contribution in [0, 0.1) is 0 Å². The second-order valence-electron chi connectivity index (χ2n) is 11.7. The molecule has 0 bridgehead atoms. The van der Waals surface area contributed by atoms with Crippen LogP contribution in [-0.4, -0.2) is 0 Å². The minimum atomic E-state index is -0.917. The van der Waals surface area contributed by atoms with Crippen molar-refractivity contribution in [1.29, 1.82) is 0 Å². The van der Waals surface area contributed by atoms with Gasteiger partial charge in [-0.15, -0.1) is 0 Å². The molecule has 9 aromatic carbocycles. The van der Waals surface area contributed by atoms with Crippen LogP contribution in [0.2, 0.25) is 0 Å². The maximum Gasteiger partial charge on any atom is 0.143 e. The third-order valence-electron chi connectivity index (χ3n) is 8.92. The fraction of sp³-hybridized carbons (Fsp3) is 0. The molecule has 0 fully saturated rings. The molecule has 0 aliphatic carbocycles. The van der Waals surface area contributed by atoms with E-state index in [9.17, 15) is 8.22 Å². The molecule has 0 N–H and O–H groups in total. The molecule has 51 heavy (non-hydrogen) atoms. The molecule has 0 aliphatic rings. The first kappa shape index (κ1) is 15.5. The predicted molar refractivity (Wildman–Crippen MR) is 216 cm³/mol. The van der Waals surface area contributed by atoms with Gasteiger partial charge in [-0.3, -0.25) is 0 Å². The Morgan fingerprint density at radius 1 is 0.333 bits per heavy atom. The number of para-hydroxylation sites is 1. The van der Waals surface area contributed by atoms with Crippen LogP contribution in [0.5, 0.6) is 0 Å². The predicted octanol–water partition coefficient (Wildman–Crippen LogP) is 14.2. The van der Waals surface area contributed by atoms with Gasteiger partial charge < -0.3 is 4.42 Å². The summed E-state index contributed by atoms with van der Waals surface area (Å²) < 4.78 is 187. The van der Waals surface area contributed by atoms with Gasteiger partial charge in [-0.2, -0.15) is 0 Å². The van der Waals surface area contributed by atoms with Crippen molar-refractivity contribution in [2.24, 2.45) is 0 Å². The first-order valence-corrected chi connectivity index (χ1v) is 15.9. The van der Waals surface area contributed by atoms with Crippen LogP contribution in [0.1, 0.15) is 27.4 Å². The molecular weight excluding hydrogens is 617 g/mol. The van der Waals surface area contributed by atoms with E-state index in [0.717, 1.165) is 17.2 Å².